The Hall–Kier alpha value is -1.84. The van der Waals surface area contributed by atoms with Crippen molar-refractivity contribution in [3.8, 4) is 0 Å². The van der Waals surface area contributed by atoms with E-state index in [9.17, 15) is 0 Å². The van der Waals surface area contributed by atoms with Gasteiger partial charge >= 0.3 is 0 Å². The first-order chi connectivity index (χ1) is 11.2. The molecule has 0 saturated heterocycles. The molecule has 0 bridgehead atoms. The molecule has 126 valence electrons. The third kappa shape index (κ3) is 5.70. The Balaban J connectivity index is 1.75. The number of nitrogens with zero attached hydrogens (tertiary/aromatic N) is 1. The molecule has 23 heavy (non-hydrogen) atoms. The minimum Gasteiger partial charge on any atom is -0.398 e. The van der Waals surface area contributed by atoms with Crippen molar-refractivity contribution in [1.82, 2.24) is 0 Å². The van der Waals surface area contributed by atoms with Crippen molar-refractivity contribution < 1.29 is 0 Å². The number of aliphatic imine (C=N–C) groups is 1. The number of unbranched alkanes of at least 4 members (excludes halogenated alkanes) is 2. The van der Waals surface area contributed by atoms with Gasteiger partial charge in [0, 0.05) is 42.0 Å². The normalized spacial score (nSPS) is 21.4. The summed E-state index contributed by atoms with van der Waals surface area (Å²) < 4.78 is 0. The lowest BCUT2D eigenvalue weighted by Crippen LogP contribution is -2.26. The number of benzene rings is 1. The summed E-state index contributed by atoms with van der Waals surface area (Å²) in [5.41, 5.74) is 8.34. The molecule has 0 spiro atoms. The summed E-state index contributed by atoms with van der Waals surface area (Å²) in [6.07, 6.45) is 12.0. The van der Waals surface area contributed by atoms with Gasteiger partial charge in [-0.25, -0.2) is 0 Å². The summed E-state index contributed by atoms with van der Waals surface area (Å²) in [5.74, 6) is 0.651. The molecular formula is C19H30N4. The molecule has 1 saturated carbocycles. The van der Waals surface area contributed by atoms with Crippen molar-refractivity contribution in [2.24, 2.45) is 10.9 Å². The molecule has 0 heterocycles. The van der Waals surface area contributed by atoms with Crippen molar-refractivity contribution >= 4 is 23.8 Å². The lowest BCUT2D eigenvalue weighted by molar-refractivity contribution is 0.412. The van der Waals surface area contributed by atoms with Crippen molar-refractivity contribution in [2.45, 2.75) is 57.9 Å². The molecule has 2 rings (SSSR count). The Morgan fingerprint density at radius 2 is 2.04 bits per heavy atom. The van der Waals surface area contributed by atoms with Crippen LogP contribution in [0.5, 0.6) is 0 Å². The number of nitrogens with two attached hydrogens (primary N) is 1. The first-order valence-corrected chi connectivity index (χ1v) is 8.89. The highest BCUT2D eigenvalue weighted by Crippen LogP contribution is 2.26. The van der Waals surface area contributed by atoms with Gasteiger partial charge in [0.15, 0.2) is 0 Å². The Kier molecular flexibility index (Phi) is 7.11. The number of hydrogen-bond acceptors (Lipinski definition) is 4. The summed E-state index contributed by atoms with van der Waals surface area (Å²) in [5, 5.41) is 11.0. The lowest BCUT2D eigenvalue weighted by Gasteiger charge is -2.28. The van der Waals surface area contributed by atoms with Gasteiger partial charge in [-0.3, -0.25) is 4.99 Å². The van der Waals surface area contributed by atoms with Gasteiger partial charge in [0.25, 0.3) is 0 Å². The van der Waals surface area contributed by atoms with Crippen LogP contribution in [-0.4, -0.2) is 25.0 Å². The van der Waals surface area contributed by atoms with E-state index in [4.69, 9.17) is 11.1 Å². The van der Waals surface area contributed by atoms with Crippen molar-refractivity contribution in [3.63, 3.8) is 0 Å². The first-order valence-electron chi connectivity index (χ1n) is 8.89. The van der Waals surface area contributed by atoms with Gasteiger partial charge < -0.3 is 16.5 Å². The minimum atomic E-state index is 0.516. The Bertz CT molecular complexity index is 516. The topological polar surface area (TPSA) is 74.3 Å². The van der Waals surface area contributed by atoms with E-state index < -0.39 is 0 Å². The van der Waals surface area contributed by atoms with Crippen LogP contribution < -0.4 is 11.1 Å². The monoisotopic (exact) mass is 314 g/mol. The zero-order valence-corrected chi connectivity index (χ0v) is 14.2. The van der Waals surface area contributed by atoms with Crippen LogP contribution in [0, 0.1) is 11.3 Å². The maximum Gasteiger partial charge on any atom is 0.0404 e. The molecule has 0 aliphatic heterocycles. The van der Waals surface area contributed by atoms with Gasteiger partial charge in [0.2, 0.25) is 0 Å². The van der Waals surface area contributed by atoms with E-state index in [-0.39, 0.29) is 0 Å². The standard InChI is InChI=1S/C19H30N4/c1-2-3-4-11-22-14-15-5-7-17(8-6-15)23-18-9-10-19(21)16(12-18)13-20/h9-10,12-15,17,20,23H,2-8,11,21H2,1H3. The fourth-order valence-electron chi connectivity index (χ4n) is 3.11. The van der Waals surface area contributed by atoms with E-state index in [2.05, 4.69) is 23.4 Å². The number of rotatable bonds is 8. The van der Waals surface area contributed by atoms with Crippen LogP contribution in [0.2, 0.25) is 0 Å². The molecule has 4 N–H and O–H groups in total. The van der Waals surface area contributed by atoms with E-state index in [0.717, 1.165) is 17.8 Å². The van der Waals surface area contributed by atoms with E-state index >= 15 is 0 Å². The first kappa shape index (κ1) is 17.5. The van der Waals surface area contributed by atoms with Crippen molar-refractivity contribution in [1.29, 1.82) is 5.41 Å². The van der Waals surface area contributed by atoms with Gasteiger partial charge in [-0.1, -0.05) is 19.8 Å². The van der Waals surface area contributed by atoms with Gasteiger partial charge in [-0.15, -0.1) is 0 Å². The van der Waals surface area contributed by atoms with Crippen LogP contribution in [0.15, 0.2) is 23.2 Å². The zero-order valence-electron chi connectivity index (χ0n) is 14.2. The van der Waals surface area contributed by atoms with Gasteiger partial charge in [0.1, 0.15) is 0 Å². The molecular weight excluding hydrogens is 284 g/mol. The summed E-state index contributed by atoms with van der Waals surface area (Å²) in [4.78, 5) is 4.59. The molecule has 4 heteroatoms. The Morgan fingerprint density at radius 1 is 1.26 bits per heavy atom. The van der Waals surface area contributed by atoms with Crippen LogP contribution in [0.3, 0.4) is 0 Å². The zero-order chi connectivity index (χ0) is 16.5. The second kappa shape index (κ2) is 9.33. The summed E-state index contributed by atoms with van der Waals surface area (Å²) in [6, 6.07) is 6.35. The van der Waals surface area contributed by atoms with Crippen LogP contribution >= 0.6 is 0 Å². The smallest absolute Gasteiger partial charge is 0.0404 e. The molecule has 1 aromatic carbocycles. The fraction of sp³-hybridized carbons (Fsp3) is 0.579. The predicted octanol–water partition coefficient (Wildman–Crippen LogP) is 4.50. The number of nitrogens with one attached hydrogen (secondary N) is 2. The van der Waals surface area contributed by atoms with Crippen LogP contribution in [0.1, 0.15) is 57.4 Å². The second-order valence-corrected chi connectivity index (χ2v) is 6.51. The number of anilines is 2. The summed E-state index contributed by atoms with van der Waals surface area (Å²) >= 11 is 0. The molecule has 1 aromatic rings. The largest absolute Gasteiger partial charge is 0.398 e. The molecule has 0 atom stereocenters. The maximum absolute atomic E-state index is 7.39. The third-order valence-corrected chi connectivity index (χ3v) is 4.59. The second-order valence-electron chi connectivity index (χ2n) is 6.51. The Labute approximate surface area is 140 Å². The van der Waals surface area contributed by atoms with Gasteiger partial charge in [-0.2, -0.15) is 0 Å². The quantitative estimate of drug-likeness (QED) is 0.375. The van der Waals surface area contributed by atoms with E-state index in [1.807, 2.05) is 18.2 Å². The highest BCUT2D eigenvalue weighted by Gasteiger charge is 2.19. The number of nitrogen functional groups attached to an aromatic ring is 1. The average Bonchev–Trinajstić information content (AvgIpc) is 2.58. The van der Waals surface area contributed by atoms with Gasteiger partial charge in [0.05, 0.1) is 0 Å². The summed E-state index contributed by atoms with van der Waals surface area (Å²) in [6.45, 7) is 3.22. The fourth-order valence-corrected chi connectivity index (χ4v) is 3.11. The highest BCUT2D eigenvalue weighted by atomic mass is 14.9. The Morgan fingerprint density at radius 3 is 2.74 bits per heavy atom. The third-order valence-electron chi connectivity index (χ3n) is 4.59. The molecule has 1 aliphatic carbocycles. The SMILES string of the molecule is CCCCCN=CC1CCC(Nc2ccc(N)c(C=N)c2)CC1. The molecule has 0 aromatic heterocycles. The molecule has 4 nitrogen and oxygen atoms in total. The maximum atomic E-state index is 7.39. The van der Waals surface area contributed by atoms with Gasteiger partial charge in [-0.05, 0) is 56.2 Å². The minimum absolute atomic E-state index is 0.516. The van der Waals surface area contributed by atoms with Crippen LogP contribution in [0.4, 0.5) is 11.4 Å². The predicted molar refractivity (Wildman–Crippen MR) is 101 cm³/mol. The van der Waals surface area contributed by atoms with Crippen LogP contribution in [-0.2, 0) is 0 Å². The molecule has 1 fully saturated rings. The van der Waals surface area contributed by atoms with Crippen molar-refractivity contribution in [3.05, 3.63) is 23.8 Å². The average molecular weight is 314 g/mol. The molecule has 0 radical (unpaired) electrons. The highest BCUT2D eigenvalue weighted by molar-refractivity contribution is 5.86. The van der Waals surface area contributed by atoms with E-state index in [1.54, 1.807) is 0 Å². The van der Waals surface area contributed by atoms with E-state index in [1.165, 1.54) is 51.2 Å². The van der Waals surface area contributed by atoms with E-state index in [0.29, 0.717) is 17.6 Å². The summed E-state index contributed by atoms with van der Waals surface area (Å²) in [7, 11) is 0. The van der Waals surface area contributed by atoms with Crippen LogP contribution in [0.25, 0.3) is 0 Å². The molecule has 1 aliphatic rings. The molecule has 0 unspecified atom stereocenters. The molecule has 0 amide bonds. The lowest BCUT2D eigenvalue weighted by atomic mass is 9.86. The van der Waals surface area contributed by atoms with Crippen molar-refractivity contribution in [2.75, 3.05) is 17.6 Å². The number of hydrogen-bond donors (Lipinski definition) is 3.